The number of aliphatic carboxylic acids is 1. The Kier molecular flexibility index (Phi) is 7.41. The monoisotopic (exact) mass is 426 g/mol. The minimum Gasteiger partial charge on any atom is -0.478 e. The maximum atomic E-state index is 14.9. The van der Waals surface area contributed by atoms with Gasteiger partial charge >= 0.3 is 5.97 Å². The zero-order valence-corrected chi connectivity index (χ0v) is 17.6. The largest absolute Gasteiger partial charge is 0.478 e. The first kappa shape index (κ1) is 21.8. The molecule has 0 unspecified atom stereocenters. The zero-order chi connectivity index (χ0) is 21.5. The van der Waals surface area contributed by atoms with Gasteiger partial charge in [0.2, 0.25) is 5.95 Å². The van der Waals surface area contributed by atoms with Gasteiger partial charge in [0.05, 0.1) is 12.2 Å². The molecule has 0 aliphatic heterocycles. The smallest absolute Gasteiger partial charge is 0.331 e. The molecule has 2 aromatic carbocycles. The number of unbranched alkanes of at least 4 members (excludes halogenated alkanes) is 1. The highest BCUT2D eigenvalue weighted by molar-refractivity contribution is 6.31. The van der Waals surface area contributed by atoms with Crippen molar-refractivity contribution in [2.45, 2.75) is 39.2 Å². The highest BCUT2D eigenvalue weighted by Crippen LogP contribution is 2.23. The Hall–Kier alpha value is -2.92. The Morgan fingerprint density at radius 3 is 2.53 bits per heavy atom. The molecule has 0 amide bonds. The van der Waals surface area contributed by atoms with Crippen LogP contribution in [-0.4, -0.2) is 20.6 Å². The minimum atomic E-state index is -1.08. The molecule has 30 heavy (non-hydrogen) atoms. The molecule has 0 saturated heterocycles. The number of halogens is 2. The molecule has 0 aliphatic carbocycles. The second-order valence-corrected chi connectivity index (χ2v) is 7.53. The van der Waals surface area contributed by atoms with Crippen molar-refractivity contribution in [2.24, 2.45) is 0 Å². The molecule has 0 spiro atoms. The third kappa shape index (κ3) is 5.36. The summed E-state index contributed by atoms with van der Waals surface area (Å²) < 4.78 is 16.6. The van der Waals surface area contributed by atoms with E-state index in [-0.39, 0.29) is 17.7 Å². The molecule has 3 aromatic rings. The number of nitrogens with zero attached hydrogens (tertiary/aromatic N) is 2. The quantitative estimate of drug-likeness (QED) is 0.441. The number of aromatic nitrogens is 2. The van der Waals surface area contributed by atoms with Gasteiger partial charge in [0.1, 0.15) is 5.82 Å². The first-order valence-corrected chi connectivity index (χ1v) is 10.3. The van der Waals surface area contributed by atoms with Crippen molar-refractivity contribution in [1.82, 2.24) is 9.55 Å². The number of carboxylic acid groups (broad SMARTS) is 1. The molecule has 0 fully saturated rings. The number of rotatable bonds is 9. The molecule has 0 radical (unpaired) electrons. The second kappa shape index (κ2) is 10.2. The molecule has 0 saturated carbocycles. The lowest BCUT2D eigenvalue weighted by molar-refractivity contribution is -0.132. The number of carboxylic acids is 1. The first-order valence-electron chi connectivity index (χ1n) is 9.95. The molecule has 1 N–H and O–H groups in total. The van der Waals surface area contributed by atoms with Crippen molar-refractivity contribution in [3.05, 3.63) is 93.8 Å². The standard InChI is InChI=1S/C24H24ClFN2O2/c1-2-3-13-22-27-23(26)21(28(22)16-18-11-7-8-12-20(18)25)15-19(24(29)30)14-17-9-5-4-6-10-17/h4-12,15H,2-3,13-14,16H2,1H3,(H,29,30). The zero-order valence-electron chi connectivity index (χ0n) is 16.8. The van der Waals surface area contributed by atoms with Crippen LogP contribution in [0.2, 0.25) is 5.02 Å². The van der Waals surface area contributed by atoms with Crippen LogP contribution in [-0.2, 0) is 24.2 Å². The van der Waals surface area contributed by atoms with Crippen molar-refractivity contribution in [3.8, 4) is 0 Å². The fraction of sp³-hybridized carbons (Fsp3) is 0.250. The minimum absolute atomic E-state index is 0.0995. The summed E-state index contributed by atoms with van der Waals surface area (Å²) in [7, 11) is 0. The Morgan fingerprint density at radius 2 is 1.87 bits per heavy atom. The van der Waals surface area contributed by atoms with Gasteiger partial charge in [-0.25, -0.2) is 9.78 Å². The maximum absolute atomic E-state index is 14.9. The van der Waals surface area contributed by atoms with Crippen LogP contribution >= 0.6 is 11.6 Å². The van der Waals surface area contributed by atoms with Crippen LogP contribution in [0, 0.1) is 5.95 Å². The van der Waals surface area contributed by atoms with Gasteiger partial charge in [0, 0.05) is 23.4 Å². The predicted octanol–water partition coefficient (Wildman–Crippen LogP) is 5.78. The summed E-state index contributed by atoms with van der Waals surface area (Å²) >= 11 is 6.32. The van der Waals surface area contributed by atoms with Crippen LogP contribution in [0.15, 0.2) is 60.2 Å². The Labute approximate surface area is 180 Å². The lowest BCUT2D eigenvalue weighted by atomic mass is 10.0. The van der Waals surface area contributed by atoms with Crippen LogP contribution in [0.25, 0.3) is 6.08 Å². The average Bonchev–Trinajstić information content (AvgIpc) is 3.02. The van der Waals surface area contributed by atoms with E-state index in [1.807, 2.05) is 48.5 Å². The molecule has 0 atom stereocenters. The van der Waals surface area contributed by atoms with Gasteiger partial charge in [0.15, 0.2) is 0 Å². The molecule has 1 aromatic heterocycles. The van der Waals surface area contributed by atoms with Crippen LogP contribution in [0.3, 0.4) is 0 Å². The summed E-state index contributed by atoms with van der Waals surface area (Å²) in [5, 5.41) is 10.3. The van der Waals surface area contributed by atoms with Gasteiger partial charge in [-0.3, -0.25) is 0 Å². The van der Waals surface area contributed by atoms with Gasteiger partial charge in [0.25, 0.3) is 0 Å². The fourth-order valence-electron chi connectivity index (χ4n) is 3.29. The van der Waals surface area contributed by atoms with Crippen molar-refractivity contribution in [3.63, 3.8) is 0 Å². The van der Waals surface area contributed by atoms with Gasteiger partial charge in [-0.15, -0.1) is 0 Å². The molecule has 0 bridgehead atoms. The van der Waals surface area contributed by atoms with Crippen LogP contribution in [0.5, 0.6) is 0 Å². The number of aryl methyl sites for hydroxylation is 1. The summed E-state index contributed by atoms with van der Waals surface area (Å²) in [6.07, 6.45) is 3.99. The summed E-state index contributed by atoms with van der Waals surface area (Å²) in [5.74, 6) is -1.16. The van der Waals surface area contributed by atoms with E-state index in [1.54, 1.807) is 10.6 Å². The third-order valence-corrected chi connectivity index (χ3v) is 5.27. The van der Waals surface area contributed by atoms with Crippen molar-refractivity contribution >= 4 is 23.6 Å². The Morgan fingerprint density at radius 1 is 1.17 bits per heavy atom. The normalized spacial score (nSPS) is 11.6. The summed E-state index contributed by atoms with van der Waals surface area (Å²) in [6, 6.07) is 16.6. The number of carbonyl (C=O) groups is 1. The molecular weight excluding hydrogens is 403 g/mol. The maximum Gasteiger partial charge on any atom is 0.331 e. The fourth-order valence-corrected chi connectivity index (χ4v) is 3.48. The first-order chi connectivity index (χ1) is 14.5. The SMILES string of the molecule is CCCCc1nc(F)c(C=C(Cc2ccccc2)C(=O)O)n1Cc1ccccc1Cl. The van der Waals surface area contributed by atoms with E-state index in [1.165, 1.54) is 6.08 Å². The predicted molar refractivity (Wildman–Crippen MR) is 117 cm³/mol. The van der Waals surface area contributed by atoms with Crippen molar-refractivity contribution in [2.75, 3.05) is 0 Å². The Balaban J connectivity index is 2.05. The molecular formula is C24H24ClFN2O2. The van der Waals surface area contributed by atoms with E-state index in [4.69, 9.17) is 11.6 Å². The summed E-state index contributed by atoms with van der Waals surface area (Å²) in [5.41, 5.74) is 1.93. The average molecular weight is 427 g/mol. The summed E-state index contributed by atoms with van der Waals surface area (Å²) in [4.78, 5) is 16.0. The Bertz CT molecular complexity index is 1040. The van der Waals surface area contributed by atoms with E-state index in [0.29, 0.717) is 23.8 Å². The lowest BCUT2D eigenvalue weighted by Crippen LogP contribution is -2.10. The number of hydrogen-bond acceptors (Lipinski definition) is 2. The van der Waals surface area contributed by atoms with E-state index < -0.39 is 11.9 Å². The molecule has 1 heterocycles. The highest BCUT2D eigenvalue weighted by Gasteiger charge is 2.19. The van der Waals surface area contributed by atoms with Gasteiger partial charge in [-0.05, 0) is 29.7 Å². The van der Waals surface area contributed by atoms with E-state index in [9.17, 15) is 14.3 Å². The van der Waals surface area contributed by atoms with Crippen molar-refractivity contribution in [1.29, 1.82) is 0 Å². The summed E-state index contributed by atoms with van der Waals surface area (Å²) in [6.45, 7) is 2.38. The van der Waals surface area contributed by atoms with Crippen molar-refractivity contribution < 1.29 is 14.3 Å². The van der Waals surface area contributed by atoms with E-state index in [0.717, 1.165) is 24.0 Å². The molecule has 156 valence electrons. The highest BCUT2D eigenvalue weighted by atomic mass is 35.5. The second-order valence-electron chi connectivity index (χ2n) is 7.12. The van der Waals surface area contributed by atoms with Crippen LogP contribution in [0.1, 0.15) is 42.4 Å². The van der Waals surface area contributed by atoms with Crippen LogP contribution in [0.4, 0.5) is 4.39 Å². The lowest BCUT2D eigenvalue weighted by Gasteiger charge is -2.12. The van der Waals surface area contributed by atoms with Gasteiger partial charge in [-0.2, -0.15) is 4.39 Å². The number of hydrogen-bond donors (Lipinski definition) is 1. The molecule has 4 nitrogen and oxygen atoms in total. The van der Waals surface area contributed by atoms with E-state index in [2.05, 4.69) is 11.9 Å². The number of benzene rings is 2. The van der Waals surface area contributed by atoms with Gasteiger partial charge < -0.3 is 9.67 Å². The van der Waals surface area contributed by atoms with Crippen LogP contribution < -0.4 is 0 Å². The third-order valence-electron chi connectivity index (χ3n) is 4.90. The molecule has 3 rings (SSSR count). The van der Waals surface area contributed by atoms with E-state index >= 15 is 0 Å². The van der Waals surface area contributed by atoms with Gasteiger partial charge in [-0.1, -0.05) is 73.5 Å². The molecule has 6 heteroatoms. The number of imidazole rings is 1. The topological polar surface area (TPSA) is 55.1 Å². The molecule has 0 aliphatic rings.